The maximum atomic E-state index is 4.43. The number of nitrogens with zero attached hydrogens (tertiary/aromatic N) is 3. The molecular weight excluding hydrogens is 242 g/mol. The fourth-order valence-corrected chi connectivity index (χ4v) is 2.42. The Labute approximate surface area is 94.2 Å². The Morgan fingerprint density at radius 3 is 2.64 bits per heavy atom. The monoisotopic (exact) mass is 259 g/mol. The molecule has 0 fully saturated rings. The molecule has 1 rings (SSSR count). The van der Waals surface area contributed by atoms with Crippen LogP contribution >= 0.6 is 15.9 Å². The van der Waals surface area contributed by atoms with Crippen molar-refractivity contribution in [3.05, 3.63) is 11.3 Å². The van der Waals surface area contributed by atoms with Crippen molar-refractivity contribution in [1.82, 2.24) is 9.78 Å². The van der Waals surface area contributed by atoms with Crippen LogP contribution in [0.4, 0.5) is 5.82 Å². The summed E-state index contributed by atoms with van der Waals surface area (Å²) in [4.78, 5) is 2.26. The third-order valence-corrected chi connectivity index (χ3v) is 2.93. The number of hydrogen-bond donors (Lipinski definition) is 0. The van der Waals surface area contributed by atoms with Gasteiger partial charge in [-0.2, -0.15) is 5.10 Å². The summed E-state index contributed by atoms with van der Waals surface area (Å²) >= 11 is 3.51. The second kappa shape index (κ2) is 4.82. The van der Waals surface area contributed by atoms with Crippen molar-refractivity contribution in [3.8, 4) is 0 Å². The Morgan fingerprint density at radius 1 is 1.50 bits per heavy atom. The summed E-state index contributed by atoms with van der Waals surface area (Å²) in [5, 5.41) is 5.30. The van der Waals surface area contributed by atoms with Crippen LogP contribution in [-0.2, 0) is 12.4 Å². The van der Waals surface area contributed by atoms with Gasteiger partial charge >= 0.3 is 0 Å². The maximum Gasteiger partial charge on any atom is 0.130 e. The summed E-state index contributed by atoms with van der Waals surface area (Å²) in [7, 11) is 4.12. The number of halogens is 1. The van der Waals surface area contributed by atoms with E-state index in [1.54, 1.807) is 0 Å². The van der Waals surface area contributed by atoms with Crippen LogP contribution in [-0.4, -0.2) is 23.4 Å². The van der Waals surface area contributed by atoms with Gasteiger partial charge in [0.25, 0.3) is 0 Å². The van der Waals surface area contributed by atoms with Crippen molar-refractivity contribution in [2.45, 2.75) is 25.6 Å². The largest absolute Gasteiger partial charge is 0.360 e. The molecule has 0 bridgehead atoms. The van der Waals surface area contributed by atoms with Gasteiger partial charge in [-0.25, -0.2) is 0 Å². The van der Waals surface area contributed by atoms with Crippen molar-refractivity contribution < 1.29 is 0 Å². The molecular formula is C10H18BrN3. The fourth-order valence-electron chi connectivity index (χ4n) is 1.77. The first-order chi connectivity index (χ1) is 6.61. The summed E-state index contributed by atoms with van der Waals surface area (Å²) in [6, 6.07) is 0. The van der Waals surface area contributed by atoms with E-state index in [2.05, 4.69) is 46.8 Å². The van der Waals surface area contributed by atoms with E-state index >= 15 is 0 Å². The van der Waals surface area contributed by atoms with Crippen molar-refractivity contribution in [2.24, 2.45) is 7.05 Å². The first kappa shape index (κ1) is 11.6. The zero-order valence-corrected chi connectivity index (χ0v) is 10.9. The SMILES string of the molecule is CCCN(C)c1c(CBr)c(C)nn1C. The van der Waals surface area contributed by atoms with Crippen LogP contribution in [0.3, 0.4) is 0 Å². The van der Waals surface area contributed by atoms with Gasteiger partial charge in [-0.1, -0.05) is 22.9 Å². The molecule has 0 aromatic carbocycles. The number of aromatic nitrogens is 2. The lowest BCUT2D eigenvalue weighted by Crippen LogP contribution is -2.21. The smallest absolute Gasteiger partial charge is 0.130 e. The molecule has 80 valence electrons. The molecule has 3 nitrogen and oxygen atoms in total. The Morgan fingerprint density at radius 2 is 2.14 bits per heavy atom. The first-order valence-electron chi connectivity index (χ1n) is 4.91. The maximum absolute atomic E-state index is 4.43. The van der Waals surface area contributed by atoms with Crippen LogP contribution in [0.2, 0.25) is 0 Å². The van der Waals surface area contributed by atoms with E-state index in [4.69, 9.17) is 0 Å². The zero-order valence-electron chi connectivity index (χ0n) is 9.34. The molecule has 1 aromatic heterocycles. The predicted molar refractivity (Wildman–Crippen MR) is 64.1 cm³/mol. The summed E-state index contributed by atoms with van der Waals surface area (Å²) < 4.78 is 1.96. The quantitative estimate of drug-likeness (QED) is 0.775. The van der Waals surface area contributed by atoms with Crippen molar-refractivity contribution in [1.29, 1.82) is 0 Å². The molecule has 0 aliphatic heterocycles. The van der Waals surface area contributed by atoms with Crippen LogP contribution in [0.1, 0.15) is 24.6 Å². The third-order valence-electron chi connectivity index (χ3n) is 2.37. The molecule has 0 aliphatic carbocycles. The Bertz CT molecular complexity index is 307. The Kier molecular flexibility index (Phi) is 3.98. The zero-order chi connectivity index (χ0) is 10.7. The molecule has 0 radical (unpaired) electrons. The lowest BCUT2D eigenvalue weighted by molar-refractivity contribution is 0.720. The first-order valence-corrected chi connectivity index (χ1v) is 6.03. The molecule has 0 aliphatic rings. The Balaban J connectivity index is 3.04. The predicted octanol–water partition coefficient (Wildman–Crippen LogP) is 2.47. The van der Waals surface area contributed by atoms with E-state index in [0.717, 1.165) is 24.0 Å². The normalized spacial score (nSPS) is 10.6. The Hall–Kier alpha value is -0.510. The van der Waals surface area contributed by atoms with Crippen LogP contribution in [0.25, 0.3) is 0 Å². The standard InChI is InChI=1S/C10H18BrN3/c1-5-6-13(3)10-9(7-11)8(2)12-14(10)4/h5-7H2,1-4H3. The molecule has 4 heteroatoms. The van der Waals surface area contributed by atoms with Gasteiger partial charge in [-0.05, 0) is 13.3 Å². The number of alkyl halides is 1. The summed E-state index contributed by atoms with van der Waals surface area (Å²) in [6.45, 7) is 5.31. The number of anilines is 1. The second-order valence-corrected chi connectivity index (χ2v) is 4.13. The van der Waals surface area contributed by atoms with E-state index in [1.165, 1.54) is 11.4 Å². The molecule has 0 unspecified atom stereocenters. The number of aryl methyl sites for hydroxylation is 2. The average molecular weight is 260 g/mol. The average Bonchev–Trinajstić information content (AvgIpc) is 2.40. The lowest BCUT2D eigenvalue weighted by Gasteiger charge is -2.19. The fraction of sp³-hybridized carbons (Fsp3) is 0.700. The topological polar surface area (TPSA) is 21.1 Å². The van der Waals surface area contributed by atoms with Gasteiger partial charge in [0.2, 0.25) is 0 Å². The van der Waals surface area contributed by atoms with Gasteiger partial charge in [0.05, 0.1) is 5.69 Å². The molecule has 0 N–H and O–H groups in total. The molecule has 0 atom stereocenters. The molecule has 14 heavy (non-hydrogen) atoms. The van der Waals surface area contributed by atoms with E-state index in [9.17, 15) is 0 Å². The number of rotatable bonds is 4. The van der Waals surface area contributed by atoms with Gasteiger partial charge < -0.3 is 4.90 Å². The van der Waals surface area contributed by atoms with Crippen molar-refractivity contribution >= 4 is 21.7 Å². The molecule has 1 heterocycles. The van der Waals surface area contributed by atoms with E-state index in [-0.39, 0.29) is 0 Å². The van der Waals surface area contributed by atoms with Crippen LogP contribution < -0.4 is 4.90 Å². The molecule has 0 amide bonds. The summed E-state index contributed by atoms with van der Waals surface area (Å²) in [5.41, 5.74) is 2.41. The summed E-state index contributed by atoms with van der Waals surface area (Å²) in [6.07, 6.45) is 1.16. The van der Waals surface area contributed by atoms with Gasteiger partial charge in [-0.15, -0.1) is 0 Å². The van der Waals surface area contributed by atoms with Crippen LogP contribution in [0.15, 0.2) is 0 Å². The molecule has 0 saturated carbocycles. The van der Waals surface area contributed by atoms with Crippen molar-refractivity contribution in [2.75, 3.05) is 18.5 Å². The minimum absolute atomic E-state index is 0.871. The van der Waals surface area contributed by atoms with E-state index in [1.807, 2.05) is 11.7 Å². The van der Waals surface area contributed by atoms with Crippen LogP contribution in [0, 0.1) is 6.92 Å². The van der Waals surface area contributed by atoms with Gasteiger partial charge in [0.1, 0.15) is 5.82 Å². The van der Waals surface area contributed by atoms with E-state index in [0.29, 0.717) is 0 Å². The third kappa shape index (κ3) is 2.11. The molecule has 1 aromatic rings. The van der Waals surface area contributed by atoms with Gasteiger partial charge in [0, 0.05) is 31.5 Å². The van der Waals surface area contributed by atoms with Gasteiger partial charge in [-0.3, -0.25) is 4.68 Å². The number of hydrogen-bond acceptors (Lipinski definition) is 2. The highest BCUT2D eigenvalue weighted by atomic mass is 79.9. The molecule has 0 spiro atoms. The van der Waals surface area contributed by atoms with E-state index < -0.39 is 0 Å². The van der Waals surface area contributed by atoms with Crippen molar-refractivity contribution in [3.63, 3.8) is 0 Å². The highest BCUT2D eigenvalue weighted by Crippen LogP contribution is 2.24. The van der Waals surface area contributed by atoms with Crippen LogP contribution in [0.5, 0.6) is 0 Å². The highest BCUT2D eigenvalue weighted by molar-refractivity contribution is 9.08. The lowest BCUT2D eigenvalue weighted by atomic mass is 10.2. The van der Waals surface area contributed by atoms with Gasteiger partial charge in [0.15, 0.2) is 0 Å². The highest BCUT2D eigenvalue weighted by Gasteiger charge is 2.14. The second-order valence-electron chi connectivity index (χ2n) is 3.57. The minimum atomic E-state index is 0.871. The molecule has 0 saturated heterocycles. The minimum Gasteiger partial charge on any atom is -0.360 e. The summed E-state index contributed by atoms with van der Waals surface area (Å²) in [5.74, 6) is 1.22.